The van der Waals surface area contributed by atoms with E-state index < -0.39 is 0 Å². The molecule has 0 saturated carbocycles. The van der Waals surface area contributed by atoms with E-state index in [9.17, 15) is 4.39 Å². The maximum Gasteiger partial charge on any atom is 0.165 e. The quantitative estimate of drug-likeness (QED) is 0.729. The van der Waals surface area contributed by atoms with Crippen LogP contribution >= 0.6 is 0 Å². The van der Waals surface area contributed by atoms with Gasteiger partial charge in [0.05, 0.1) is 18.0 Å². The molecule has 2 rings (SSSR count). The zero-order valence-electron chi connectivity index (χ0n) is 7.39. The van der Waals surface area contributed by atoms with E-state index >= 15 is 0 Å². The predicted molar refractivity (Wildman–Crippen MR) is 47.3 cm³/mol. The minimum atomic E-state index is -0.362. The third-order valence-corrected chi connectivity index (χ3v) is 2.01. The number of halogens is 1. The zero-order valence-corrected chi connectivity index (χ0v) is 7.39. The molecule has 0 amide bonds. The summed E-state index contributed by atoms with van der Waals surface area (Å²) in [6.07, 6.45) is 0. The number of nitrogens with zero attached hydrogens (tertiary/aromatic N) is 1. The first-order chi connectivity index (χ1) is 6.24. The standard InChI is InChI=1S/C9H9FN2O/c1-5-8-7(12-11-5)4-3-6(10)9(8)13-2/h3-4H,1-2H3,(H,11,12). The van der Waals surface area contributed by atoms with Crippen LogP contribution in [0.2, 0.25) is 0 Å². The van der Waals surface area contributed by atoms with E-state index in [2.05, 4.69) is 10.2 Å². The number of methoxy groups -OCH3 is 1. The van der Waals surface area contributed by atoms with Crippen LogP contribution in [0.25, 0.3) is 10.9 Å². The average molecular weight is 180 g/mol. The van der Waals surface area contributed by atoms with Gasteiger partial charge in [-0.1, -0.05) is 0 Å². The summed E-state index contributed by atoms with van der Waals surface area (Å²) in [4.78, 5) is 0. The van der Waals surface area contributed by atoms with Crippen LogP contribution < -0.4 is 4.74 Å². The molecule has 0 aliphatic heterocycles. The number of aromatic nitrogens is 2. The summed E-state index contributed by atoms with van der Waals surface area (Å²) in [7, 11) is 1.45. The second-order valence-corrected chi connectivity index (χ2v) is 2.82. The lowest BCUT2D eigenvalue weighted by atomic mass is 10.2. The third-order valence-electron chi connectivity index (χ3n) is 2.01. The van der Waals surface area contributed by atoms with Crippen LogP contribution in [0.15, 0.2) is 12.1 Å². The SMILES string of the molecule is COc1c(F)ccc2n[nH]c(C)c12. The highest BCUT2D eigenvalue weighted by molar-refractivity contribution is 5.87. The molecule has 68 valence electrons. The maximum absolute atomic E-state index is 13.2. The van der Waals surface area contributed by atoms with Gasteiger partial charge in [0.15, 0.2) is 11.6 Å². The molecule has 2 aromatic rings. The van der Waals surface area contributed by atoms with E-state index in [1.165, 1.54) is 13.2 Å². The van der Waals surface area contributed by atoms with Crippen LogP contribution in [-0.2, 0) is 0 Å². The van der Waals surface area contributed by atoms with Gasteiger partial charge in [-0.25, -0.2) is 4.39 Å². The number of aromatic amines is 1. The number of ether oxygens (including phenoxy) is 1. The lowest BCUT2D eigenvalue weighted by Gasteiger charge is -2.02. The molecule has 1 N–H and O–H groups in total. The van der Waals surface area contributed by atoms with Crippen molar-refractivity contribution in [2.45, 2.75) is 6.92 Å². The van der Waals surface area contributed by atoms with Crippen LogP contribution in [-0.4, -0.2) is 17.3 Å². The van der Waals surface area contributed by atoms with Gasteiger partial charge in [-0.3, -0.25) is 5.10 Å². The highest BCUT2D eigenvalue weighted by Gasteiger charge is 2.11. The lowest BCUT2D eigenvalue weighted by Crippen LogP contribution is -1.89. The van der Waals surface area contributed by atoms with Crippen molar-refractivity contribution < 1.29 is 9.13 Å². The number of hydrogen-bond acceptors (Lipinski definition) is 2. The van der Waals surface area contributed by atoms with Gasteiger partial charge >= 0.3 is 0 Å². The van der Waals surface area contributed by atoms with Gasteiger partial charge < -0.3 is 4.74 Å². The number of H-pyrrole nitrogens is 1. The van der Waals surface area contributed by atoms with Crippen LogP contribution in [0.4, 0.5) is 4.39 Å². The Morgan fingerprint density at radius 1 is 1.46 bits per heavy atom. The summed E-state index contributed by atoms with van der Waals surface area (Å²) in [5, 5.41) is 7.49. The zero-order chi connectivity index (χ0) is 9.42. The monoisotopic (exact) mass is 180 g/mol. The number of nitrogens with one attached hydrogen (secondary N) is 1. The van der Waals surface area contributed by atoms with Crippen LogP contribution in [0.5, 0.6) is 5.75 Å². The first-order valence-corrected chi connectivity index (χ1v) is 3.91. The molecule has 0 bridgehead atoms. The normalized spacial score (nSPS) is 10.7. The Labute approximate surface area is 74.5 Å². The van der Waals surface area contributed by atoms with Crippen molar-refractivity contribution in [3.8, 4) is 5.75 Å². The molecule has 1 aromatic carbocycles. The first-order valence-electron chi connectivity index (χ1n) is 3.91. The minimum Gasteiger partial charge on any atom is -0.493 e. The number of rotatable bonds is 1. The first kappa shape index (κ1) is 8.04. The summed E-state index contributed by atoms with van der Waals surface area (Å²) in [6.45, 7) is 1.83. The topological polar surface area (TPSA) is 37.9 Å². The predicted octanol–water partition coefficient (Wildman–Crippen LogP) is 2.02. The molecule has 0 saturated heterocycles. The van der Waals surface area contributed by atoms with Crippen LogP contribution in [0.1, 0.15) is 5.69 Å². The fourth-order valence-corrected chi connectivity index (χ4v) is 1.40. The molecule has 1 heterocycles. The molecule has 1 aromatic heterocycles. The summed E-state index contributed by atoms with van der Waals surface area (Å²) in [5.74, 6) is -0.108. The van der Waals surface area contributed by atoms with Crippen molar-refractivity contribution >= 4 is 10.9 Å². The number of fused-ring (bicyclic) bond motifs is 1. The number of benzene rings is 1. The Hall–Kier alpha value is -1.58. The maximum atomic E-state index is 13.2. The van der Waals surface area contributed by atoms with Crippen molar-refractivity contribution in [1.82, 2.24) is 10.2 Å². The molecule has 0 fully saturated rings. The van der Waals surface area contributed by atoms with E-state index in [4.69, 9.17) is 4.74 Å². The highest BCUT2D eigenvalue weighted by Crippen LogP contribution is 2.29. The molecule has 0 aliphatic rings. The summed E-state index contributed by atoms with van der Waals surface area (Å²) >= 11 is 0. The molecule has 0 aliphatic carbocycles. The highest BCUT2D eigenvalue weighted by atomic mass is 19.1. The Bertz CT molecular complexity index is 450. The summed E-state index contributed by atoms with van der Waals surface area (Å²) in [6, 6.07) is 2.97. The van der Waals surface area contributed by atoms with Crippen LogP contribution in [0, 0.1) is 12.7 Å². The second-order valence-electron chi connectivity index (χ2n) is 2.82. The van der Waals surface area contributed by atoms with Crippen molar-refractivity contribution in [3.05, 3.63) is 23.6 Å². The van der Waals surface area contributed by atoms with E-state index in [0.29, 0.717) is 5.39 Å². The van der Waals surface area contributed by atoms with Crippen molar-refractivity contribution in [3.63, 3.8) is 0 Å². The Balaban J connectivity index is 2.88. The van der Waals surface area contributed by atoms with Gasteiger partial charge in [-0.15, -0.1) is 0 Å². The number of aryl methyl sites for hydroxylation is 1. The molecular weight excluding hydrogens is 171 g/mol. The summed E-state index contributed by atoms with van der Waals surface area (Å²) < 4.78 is 18.2. The van der Waals surface area contributed by atoms with Crippen molar-refractivity contribution in [2.24, 2.45) is 0 Å². The second kappa shape index (κ2) is 2.73. The lowest BCUT2D eigenvalue weighted by molar-refractivity contribution is 0.392. The Kier molecular flexibility index (Phi) is 1.69. The fourth-order valence-electron chi connectivity index (χ4n) is 1.40. The summed E-state index contributed by atoms with van der Waals surface area (Å²) in [5.41, 5.74) is 1.53. The molecule has 0 atom stereocenters. The van der Waals surface area contributed by atoms with Gasteiger partial charge in [0.25, 0.3) is 0 Å². The van der Waals surface area contributed by atoms with Crippen molar-refractivity contribution in [2.75, 3.05) is 7.11 Å². The Morgan fingerprint density at radius 3 is 2.92 bits per heavy atom. The Morgan fingerprint density at radius 2 is 2.23 bits per heavy atom. The minimum absolute atomic E-state index is 0.253. The smallest absolute Gasteiger partial charge is 0.165 e. The van der Waals surface area contributed by atoms with Gasteiger partial charge in [0, 0.05) is 5.69 Å². The van der Waals surface area contributed by atoms with E-state index in [1.54, 1.807) is 6.07 Å². The molecule has 13 heavy (non-hydrogen) atoms. The van der Waals surface area contributed by atoms with Gasteiger partial charge in [0.2, 0.25) is 0 Å². The molecule has 0 unspecified atom stereocenters. The average Bonchev–Trinajstić information content (AvgIpc) is 2.49. The molecule has 4 heteroatoms. The fraction of sp³-hybridized carbons (Fsp3) is 0.222. The van der Waals surface area contributed by atoms with E-state index in [1.807, 2.05) is 6.92 Å². The number of hydrogen-bond donors (Lipinski definition) is 1. The molecule has 0 spiro atoms. The van der Waals surface area contributed by atoms with Gasteiger partial charge in [0.1, 0.15) is 0 Å². The van der Waals surface area contributed by atoms with Gasteiger partial charge in [-0.05, 0) is 19.1 Å². The van der Waals surface area contributed by atoms with Crippen molar-refractivity contribution in [1.29, 1.82) is 0 Å². The molecule has 0 radical (unpaired) electrons. The molecule has 3 nitrogen and oxygen atoms in total. The van der Waals surface area contributed by atoms with Crippen LogP contribution in [0.3, 0.4) is 0 Å². The van der Waals surface area contributed by atoms with Gasteiger partial charge in [-0.2, -0.15) is 5.10 Å². The largest absolute Gasteiger partial charge is 0.493 e. The third kappa shape index (κ3) is 1.06. The van der Waals surface area contributed by atoms with E-state index in [0.717, 1.165) is 11.2 Å². The van der Waals surface area contributed by atoms with E-state index in [-0.39, 0.29) is 11.6 Å². The molecular formula is C9H9FN2O.